The van der Waals surface area contributed by atoms with E-state index in [1.165, 1.54) is 0 Å². The summed E-state index contributed by atoms with van der Waals surface area (Å²) in [4.78, 5) is 10.7. The van der Waals surface area contributed by atoms with Gasteiger partial charge >= 0.3 is 5.97 Å². The van der Waals surface area contributed by atoms with Crippen molar-refractivity contribution >= 4 is 5.97 Å². The predicted octanol–water partition coefficient (Wildman–Crippen LogP) is 3.43. The van der Waals surface area contributed by atoms with Gasteiger partial charge in [-0.15, -0.1) is 0 Å². The zero-order valence-electron chi connectivity index (χ0n) is 11.4. The molecule has 2 rings (SSSR count). The Morgan fingerprint density at radius 2 is 1.65 bits per heavy atom. The van der Waals surface area contributed by atoms with E-state index in [1.54, 1.807) is 24.3 Å². The van der Waals surface area contributed by atoms with Crippen molar-refractivity contribution in [3.05, 3.63) is 53.1 Å². The van der Waals surface area contributed by atoms with Gasteiger partial charge < -0.3 is 14.9 Å². The zero-order chi connectivity index (χ0) is 14.7. The van der Waals surface area contributed by atoms with Crippen molar-refractivity contribution in [2.45, 2.75) is 20.3 Å². The van der Waals surface area contributed by atoms with Gasteiger partial charge in [-0.25, -0.2) is 0 Å². The number of phenols is 1. The molecular weight excluding hydrogens is 256 g/mol. The second-order valence-corrected chi connectivity index (χ2v) is 4.73. The summed E-state index contributed by atoms with van der Waals surface area (Å²) in [5, 5.41) is 18.1. The minimum atomic E-state index is -0.851. The van der Waals surface area contributed by atoms with Crippen LogP contribution >= 0.6 is 0 Å². The summed E-state index contributed by atoms with van der Waals surface area (Å²) in [7, 11) is 0. The van der Waals surface area contributed by atoms with Crippen LogP contribution in [0.4, 0.5) is 0 Å². The normalized spacial score (nSPS) is 10.3. The van der Waals surface area contributed by atoms with E-state index >= 15 is 0 Å². The topological polar surface area (TPSA) is 66.8 Å². The number of carboxylic acid groups (broad SMARTS) is 1. The first-order valence-electron chi connectivity index (χ1n) is 6.24. The van der Waals surface area contributed by atoms with Crippen LogP contribution in [0.25, 0.3) is 0 Å². The van der Waals surface area contributed by atoms with E-state index < -0.39 is 5.97 Å². The van der Waals surface area contributed by atoms with Crippen molar-refractivity contribution in [3.8, 4) is 17.2 Å². The van der Waals surface area contributed by atoms with E-state index in [2.05, 4.69) is 0 Å². The molecule has 0 unspecified atom stereocenters. The highest BCUT2D eigenvalue weighted by molar-refractivity contribution is 5.70. The van der Waals surface area contributed by atoms with Gasteiger partial charge in [-0.3, -0.25) is 4.79 Å². The molecule has 104 valence electrons. The molecule has 0 aromatic heterocycles. The second kappa shape index (κ2) is 5.65. The molecule has 4 heteroatoms. The summed E-state index contributed by atoms with van der Waals surface area (Å²) >= 11 is 0. The molecule has 0 heterocycles. The average Bonchev–Trinajstić information content (AvgIpc) is 2.35. The fourth-order valence-corrected chi connectivity index (χ4v) is 2.11. The van der Waals surface area contributed by atoms with Gasteiger partial charge in [0.05, 0.1) is 6.42 Å². The van der Waals surface area contributed by atoms with E-state index in [1.807, 2.05) is 26.0 Å². The van der Waals surface area contributed by atoms with E-state index in [9.17, 15) is 9.90 Å². The maximum atomic E-state index is 10.7. The fraction of sp³-hybridized carbons (Fsp3) is 0.188. The lowest BCUT2D eigenvalue weighted by Crippen LogP contribution is -2.02. The second-order valence-electron chi connectivity index (χ2n) is 4.73. The molecule has 2 N–H and O–H groups in total. The lowest BCUT2D eigenvalue weighted by Gasteiger charge is -2.13. The van der Waals surface area contributed by atoms with Gasteiger partial charge in [-0.2, -0.15) is 0 Å². The monoisotopic (exact) mass is 272 g/mol. The van der Waals surface area contributed by atoms with Gasteiger partial charge in [0, 0.05) is 0 Å². The first-order valence-corrected chi connectivity index (χ1v) is 6.24. The third-order valence-corrected chi connectivity index (χ3v) is 2.93. The summed E-state index contributed by atoms with van der Waals surface area (Å²) in [5.41, 5.74) is 2.52. The first kappa shape index (κ1) is 13.9. The summed E-state index contributed by atoms with van der Waals surface area (Å²) in [6.45, 7) is 3.77. The molecule has 0 aliphatic heterocycles. The highest BCUT2D eigenvalue weighted by atomic mass is 16.5. The van der Waals surface area contributed by atoms with Crippen molar-refractivity contribution < 1.29 is 19.7 Å². The molecular formula is C16H16O4. The Labute approximate surface area is 117 Å². The number of ether oxygens (including phenoxy) is 1. The maximum absolute atomic E-state index is 10.7. The van der Waals surface area contributed by atoms with Crippen LogP contribution in [0.1, 0.15) is 16.7 Å². The highest BCUT2D eigenvalue weighted by Crippen LogP contribution is 2.30. The molecule has 2 aromatic carbocycles. The minimum Gasteiger partial charge on any atom is -0.508 e. The highest BCUT2D eigenvalue weighted by Gasteiger charge is 2.09. The third-order valence-electron chi connectivity index (χ3n) is 2.93. The van der Waals surface area contributed by atoms with Gasteiger partial charge in [0.2, 0.25) is 0 Å². The molecule has 0 spiro atoms. The molecule has 0 saturated carbocycles. The Balaban J connectivity index is 2.28. The largest absolute Gasteiger partial charge is 0.508 e. The quantitative estimate of drug-likeness (QED) is 0.894. The number of phenolic OH excluding ortho intramolecular Hbond substituents is 1. The van der Waals surface area contributed by atoms with Gasteiger partial charge in [-0.1, -0.05) is 12.1 Å². The van der Waals surface area contributed by atoms with Crippen LogP contribution in [-0.4, -0.2) is 16.2 Å². The number of hydrogen-bond donors (Lipinski definition) is 2. The molecule has 0 amide bonds. The molecule has 4 nitrogen and oxygen atoms in total. The van der Waals surface area contributed by atoms with Crippen LogP contribution in [0.2, 0.25) is 0 Å². The van der Waals surface area contributed by atoms with Crippen LogP contribution in [0.15, 0.2) is 36.4 Å². The molecule has 0 bridgehead atoms. The van der Waals surface area contributed by atoms with Gasteiger partial charge in [0.25, 0.3) is 0 Å². The van der Waals surface area contributed by atoms with E-state index in [4.69, 9.17) is 9.84 Å². The summed E-state index contributed by atoms with van der Waals surface area (Å²) in [6.07, 6.45) is 0.00116. The van der Waals surface area contributed by atoms with Crippen LogP contribution in [0.3, 0.4) is 0 Å². The van der Waals surface area contributed by atoms with Crippen LogP contribution in [0, 0.1) is 13.8 Å². The Hall–Kier alpha value is -2.49. The van der Waals surface area contributed by atoms with E-state index in [-0.39, 0.29) is 12.2 Å². The minimum absolute atomic E-state index is 0.00116. The number of hydrogen-bond acceptors (Lipinski definition) is 3. The summed E-state index contributed by atoms with van der Waals surface area (Å²) in [5.74, 6) is 0.670. The number of carboxylic acids is 1. The fourth-order valence-electron chi connectivity index (χ4n) is 2.11. The van der Waals surface area contributed by atoms with Crippen LogP contribution in [0.5, 0.6) is 17.2 Å². The standard InChI is InChI=1S/C16H16O4/c1-10-7-12(9-15(18)19)8-11(2)16(10)20-14-5-3-13(17)4-6-14/h3-8,17H,9H2,1-2H3,(H,18,19). The van der Waals surface area contributed by atoms with Crippen molar-refractivity contribution in [1.29, 1.82) is 0 Å². The van der Waals surface area contributed by atoms with Crippen molar-refractivity contribution in [2.75, 3.05) is 0 Å². The molecule has 0 aliphatic carbocycles. The predicted molar refractivity (Wildman–Crippen MR) is 75.4 cm³/mol. The number of carbonyl (C=O) groups is 1. The van der Waals surface area contributed by atoms with Crippen LogP contribution < -0.4 is 4.74 Å². The molecule has 0 fully saturated rings. The van der Waals surface area contributed by atoms with E-state index in [0.29, 0.717) is 11.5 Å². The maximum Gasteiger partial charge on any atom is 0.307 e. The Bertz CT molecular complexity index is 606. The van der Waals surface area contributed by atoms with Gasteiger partial charge in [0.1, 0.15) is 17.2 Å². The molecule has 20 heavy (non-hydrogen) atoms. The Kier molecular flexibility index (Phi) is 3.94. The smallest absolute Gasteiger partial charge is 0.307 e. The van der Waals surface area contributed by atoms with Gasteiger partial charge in [0.15, 0.2) is 0 Å². The van der Waals surface area contributed by atoms with Crippen molar-refractivity contribution in [3.63, 3.8) is 0 Å². The Morgan fingerprint density at radius 1 is 1.10 bits per heavy atom. The van der Waals surface area contributed by atoms with Crippen LogP contribution in [-0.2, 0) is 11.2 Å². The number of benzene rings is 2. The van der Waals surface area contributed by atoms with Crippen molar-refractivity contribution in [2.24, 2.45) is 0 Å². The number of aryl methyl sites for hydroxylation is 2. The van der Waals surface area contributed by atoms with E-state index in [0.717, 1.165) is 16.7 Å². The summed E-state index contributed by atoms with van der Waals surface area (Å²) in [6, 6.07) is 10.1. The van der Waals surface area contributed by atoms with Gasteiger partial charge in [-0.05, 0) is 54.8 Å². The SMILES string of the molecule is Cc1cc(CC(=O)O)cc(C)c1Oc1ccc(O)cc1. The average molecular weight is 272 g/mol. The molecule has 0 radical (unpaired) electrons. The molecule has 2 aromatic rings. The number of rotatable bonds is 4. The first-order chi connectivity index (χ1) is 9.45. The lowest BCUT2D eigenvalue weighted by molar-refractivity contribution is -0.136. The molecule has 0 atom stereocenters. The van der Waals surface area contributed by atoms with Crippen molar-refractivity contribution in [1.82, 2.24) is 0 Å². The zero-order valence-corrected chi connectivity index (χ0v) is 11.4. The lowest BCUT2D eigenvalue weighted by atomic mass is 10.0. The Morgan fingerprint density at radius 3 is 2.15 bits per heavy atom. The molecule has 0 aliphatic rings. The molecule has 0 saturated heterocycles. The number of aliphatic carboxylic acids is 1. The third kappa shape index (κ3) is 3.29. The summed E-state index contributed by atoms with van der Waals surface area (Å²) < 4.78 is 5.80. The number of aromatic hydroxyl groups is 1.